The maximum Gasteiger partial charge on any atom is 0.307 e. The van der Waals surface area contributed by atoms with Crippen molar-refractivity contribution < 1.29 is 14.6 Å². The Hall–Kier alpha value is -1.55. The van der Waals surface area contributed by atoms with Gasteiger partial charge < -0.3 is 14.7 Å². The largest absolute Gasteiger partial charge is 0.487 e. The van der Waals surface area contributed by atoms with Gasteiger partial charge in [0.2, 0.25) is 0 Å². The molecule has 0 amide bonds. The van der Waals surface area contributed by atoms with E-state index in [1.54, 1.807) is 6.92 Å². The van der Waals surface area contributed by atoms with Crippen molar-refractivity contribution in [3.05, 3.63) is 29.3 Å². The van der Waals surface area contributed by atoms with Crippen molar-refractivity contribution in [1.82, 2.24) is 4.90 Å². The van der Waals surface area contributed by atoms with Crippen molar-refractivity contribution >= 4 is 5.97 Å². The Morgan fingerprint density at radius 1 is 1.50 bits per heavy atom. The number of rotatable bonds is 5. The maximum atomic E-state index is 10.9. The fourth-order valence-corrected chi connectivity index (χ4v) is 2.70. The molecule has 0 saturated heterocycles. The van der Waals surface area contributed by atoms with E-state index >= 15 is 0 Å². The zero-order chi connectivity index (χ0) is 14.9. The van der Waals surface area contributed by atoms with Gasteiger partial charge in [0.15, 0.2) is 0 Å². The Kier molecular flexibility index (Phi) is 4.04. The van der Waals surface area contributed by atoms with Crippen LogP contribution in [0.4, 0.5) is 0 Å². The fraction of sp³-hybridized carbons (Fsp3) is 0.562. The fourth-order valence-electron chi connectivity index (χ4n) is 2.70. The summed E-state index contributed by atoms with van der Waals surface area (Å²) >= 11 is 0. The first-order valence-electron chi connectivity index (χ1n) is 6.99. The minimum absolute atomic E-state index is 0.147. The number of hydrogen-bond acceptors (Lipinski definition) is 3. The molecule has 4 nitrogen and oxygen atoms in total. The molecule has 2 rings (SSSR count). The summed E-state index contributed by atoms with van der Waals surface area (Å²) in [5.41, 5.74) is 2.23. The van der Waals surface area contributed by atoms with Gasteiger partial charge in [0.05, 0.1) is 5.92 Å². The molecule has 4 heteroatoms. The molecule has 0 bridgehead atoms. The highest BCUT2D eigenvalue weighted by atomic mass is 16.5. The molecule has 0 aromatic heterocycles. The number of para-hydroxylation sites is 1. The van der Waals surface area contributed by atoms with Gasteiger partial charge in [-0.1, -0.05) is 25.1 Å². The normalized spacial score (nSPS) is 17.6. The van der Waals surface area contributed by atoms with Crippen molar-refractivity contribution in [1.29, 1.82) is 0 Å². The van der Waals surface area contributed by atoms with Crippen LogP contribution in [0.3, 0.4) is 0 Å². The summed E-state index contributed by atoms with van der Waals surface area (Å²) in [5, 5.41) is 8.97. The number of carbonyl (C=O) groups is 1. The smallest absolute Gasteiger partial charge is 0.307 e. The summed E-state index contributed by atoms with van der Waals surface area (Å²) in [7, 11) is 1.94. The van der Waals surface area contributed by atoms with E-state index in [1.807, 2.05) is 18.0 Å². The Balaban J connectivity index is 2.08. The predicted octanol–water partition coefficient (Wildman–Crippen LogP) is 2.55. The van der Waals surface area contributed by atoms with Crippen LogP contribution in [0.5, 0.6) is 5.75 Å². The molecule has 0 fully saturated rings. The topological polar surface area (TPSA) is 49.8 Å². The van der Waals surface area contributed by atoms with Gasteiger partial charge in [-0.3, -0.25) is 4.79 Å². The molecule has 0 saturated carbocycles. The van der Waals surface area contributed by atoms with Crippen molar-refractivity contribution in [3.8, 4) is 5.75 Å². The second kappa shape index (κ2) is 5.44. The SMILES string of the molecule is CC(CN(C)Cc1cccc2c1OC(C)(C)C2)C(=O)O. The molecule has 20 heavy (non-hydrogen) atoms. The lowest BCUT2D eigenvalue weighted by Crippen LogP contribution is -2.28. The number of aliphatic carboxylic acids is 1. The van der Waals surface area contributed by atoms with Crippen LogP contribution in [0.25, 0.3) is 0 Å². The van der Waals surface area contributed by atoms with Gasteiger partial charge in [0.25, 0.3) is 0 Å². The Bertz CT molecular complexity index is 510. The number of carboxylic acid groups (broad SMARTS) is 1. The van der Waals surface area contributed by atoms with Gasteiger partial charge in [-0.25, -0.2) is 0 Å². The lowest BCUT2D eigenvalue weighted by atomic mass is 10.0. The molecule has 1 aliphatic heterocycles. The van der Waals surface area contributed by atoms with Crippen molar-refractivity contribution in [2.75, 3.05) is 13.6 Å². The molecule has 0 radical (unpaired) electrons. The van der Waals surface area contributed by atoms with Crippen LogP contribution < -0.4 is 4.74 Å². The average molecular weight is 277 g/mol. The maximum absolute atomic E-state index is 10.9. The number of fused-ring (bicyclic) bond motifs is 1. The van der Waals surface area contributed by atoms with Crippen molar-refractivity contribution in [2.24, 2.45) is 5.92 Å². The summed E-state index contributed by atoms with van der Waals surface area (Å²) in [6, 6.07) is 6.21. The first-order chi connectivity index (χ1) is 9.28. The highest BCUT2D eigenvalue weighted by Crippen LogP contribution is 2.37. The van der Waals surface area contributed by atoms with Crippen LogP contribution >= 0.6 is 0 Å². The third-order valence-electron chi connectivity index (χ3n) is 3.62. The Morgan fingerprint density at radius 3 is 2.85 bits per heavy atom. The van der Waals surface area contributed by atoms with Crippen LogP contribution in [0.1, 0.15) is 31.9 Å². The van der Waals surface area contributed by atoms with Crippen LogP contribution in [-0.4, -0.2) is 35.2 Å². The molecule has 0 spiro atoms. The lowest BCUT2D eigenvalue weighted by Gasteiger charge is -2.22. The van der Waals surface area contributed by atoms with Gasteiger partial charge in [0.1, 0.15) is 11.4 Å². The first kappa shape index (κ1) is 14.9. The predicted molar refractivity (Wildman–Crippen MR) is 78.0 cm³/mol. The van der Waals surface area contributed by atoms with Gasteiger partial charge in [0, 0.05) is 25.1 Å². The van der Waals surface area contributed by atoms with E-state index in [0.717, 1.165) is 17.7 Å². The Morgan fingerprint density at radius 2 is 2.20 bits per heavy atom. The minimum atomic E-state index is -0.757. The van der Waals surface area contributed by atoms with Crippen LogP contribution in [-0.2, 0) is 17.8 Å². The zero-order valence-corrected chi connectivity index (χ0v) is 12.6. The molecule has 0 aliphatic carbocycles. The summed E-state index contributed by atoms with van der Waals surface area (Å²) < 4.78 is 6.04. The van der Waals surface area contributed by atoms with Crippen LogP contribution in [0, 0.1) is 5.92 Å². The number of nitrogens with zero attached hydrogens (tertiary/aromatic N) is 1. The summed E-state index contributed by atoms with van der Waals surface area (Å²) in [4.78, 5) is 12.9. The third kappa shape index (κ3) is 3.31. The van der Waals surface area contributed by atoms with Crippen LogP contribution in [0.2, 0.25) is 0 Å². The molecule has 1 aromatic carbocycles. The second-order valence-electron chi connectivity index (χ2n) is 6.38. The van der Waals surface area contributed by atoms with E-state index in [1.165, 1.54) is 5.56 Å². The molecule has 1 unspecified atom stereocenters. The number of hydrogen-bond donors (Lipinski definition) is 1. The van der Waals surface area contributed by atoms with Gasteiger partial charge in [-0.05, 0) is 26.5 Å². The monoisotopic (exact) mass is 277 g/mol. The van der Waals surface area contributed by atoms with Gasteiger partial charge in [-0.2, -0.15) is 0 Å². The van der Waals surface area contributed by atoms with E-state index in [0.29, 0.717) is 13.1 Å². The molecular formula is C16H23NO3. The number of ether oxygens (including phenoxy) is 1. The molecule has 1 heterocycles. The van der Waals surface area contributed by atoms with Crippen molar-refractivity contribution in [3.63, 3.8) is 0 Å². The zero-order valence-electron chi connectivity index (χ0n) is 12.6. The molecule has 1 atom stereocenters. The van der Waals surface area contributed by atoms with E-state index in [9.17, 15) is 4.79 Å². The Labute approximate surface area is 120 Å². The number of benzene rings is 1. The van der Waals surface area contributed by atoms with E-state index < -0.39 is 5.97 Å². The molecule has 110 valence electrons. The molecule has 1 N–H and O–H groups in total. The van der Waals surface area contributed by atoms with E-state index in [2.05, 4.69) is 26.0 Å². The summed E-state index contributed by atoms with van der Waals surface area (Å²) in [5.74, 6) is -0.144. The van der Waals surface area contributed by atoms with E-state index in [4.69, 9.17) is 9.84 Å². The lowest BCUT2D eigenvalue weighted by molar-refractivity contribution is -0.141. The molecule has 1 aliphatic rings. The van der Waals surface area contributed by atoms with Crippen molar-refractivity contribution in [2.45, 2.75) is 39.3 Å². The average Bonchev–Trinajstić information content (AvgIpc) is 2.64. The molecule has 1 aromatic rings. The van der Waals surface area contributed by atoms with E-state index in [-0.39, 0.29) is 11.5 Å². The third-order valence-corrected chi connectivity index (χ3v) is 3.62. The standard InChI is InChI=1S/C16H23NO3/c1-11(15(18)19)9-17(4)10-13-7-5-6-12-8-16(2,3)20-14(12)13/h5-7,11H,8-10H2,1-4H3,(H,18,19). The highest BCUT2D eigenvalue weighted by molar-refractivity contribution is 5.69. The quantitative estimate of drug-likeness (QED) is 0.898. The summed E-state index contributed by atoms with van der Waals surface area (Å²) in [6.45, 7) is 7.15. The second-order valence-corrected chi connectivity index (χ2v) is 6.38. The molecular weight excluding hydrogens is 254 g/mol. The number of carboxylic acids is 1. The highest BCUT2D eigenvalue weighted by Gasteiger charge is 2.31. The van der Waals surface area contributed by atoms with Gasteiger partial charge >= 0.3 is 5.97 Å². The van der Waals surface area contributed by atoms with Crippen LogP contribution in [0.15, 0.2) is 18.2 Å². The minimum Gasteiger partial charge on any atom is -0.487 e. The first-order valence-corrected chi connectivity index (χ1v) is 6.99. The summed E-state index contributed by atoms with van der Waals surface area (Å²) in [6.07, 6.45) is 0.922. The van der Waals surface area contributed by atoms with Gasteiger partial charge in [-0.15, -0.1) is 0 Å².